The predicted molar refractivity (Wildman–Crippen MR) is 148 cm³/mol. The average molecular weight is 487 g/mol. The molecule has 6 rings (SSSR count). The van der Waals surface area contributed by atoms with Gasteiger partial charge in [-0.15, -0.1) is 0 Å². The summed E-state index contributed by atoms with van der Waals surface area (Å²) in [6.07, 6.45) is 7.17. The molecule has 0 saturated carbocycles. The molecular formula is C29H26N8. The van der Waals surface area contributed by atoms with Crippen molar-refractivity contribution in [2.75, 3.05) is 5.32 Å². The number of imidazole rings is 1. The molecule has 0 aliphatic heterocycles. The van der Waals surface area contributed by atoms with Crippen LogP contribution in [-0.2, 0) is 0 Å². The quantitative estimate of drug-likeness (QED) is 0.253. The van der Waals surface area contributed by atoms with E-state index >= 15 is 0 Å². The Morgan fingerprint density at radius 3 is 2.62 bits per heavy atom. The number of allylic oxidation sites excluding steroid dienone is 1. The molecular weight excluding hydrogens is 460 g/mol. The summed E-state index contributed by atoms with van der Waals surface area (Å²) in [5.74, 6) is 0.678. The van der Waals surface area contributed by atoms with Crippen molar-refractivity contribution in [1.29, 1.82) is 0 Å². The van der Waals surface area contributed by atoms with Crippen molar-refractivity contribution in [3.05, 3.63) is 85.6 Å². The summed E-state index contributed by atoms with van der Waals surface area (Å²) >= 11 is 0. The summed E-state index contributed by atoms with van der Waals surface area (Å²) in [5.41, 5.74) is 8.57. The van der Waals surface area contributed by atoms with Gasteiger partial charge in [-0.1, -0.05) is 45.5 Å². The third kappa shape index (κ3) is 4.23. The number of nitrogens with zero attached hydrogens (tertiary/aromatic N) is 5. The Balaban J connectivity index is 1.40. The van der Waals surface area contributed by atoms with E-state index in [4.69, 9.17) is 4.98 Å². The highest BCUT2D eigenvalue weighted by Crippen LogP contribution is 2.32. The molecule has 5 heterocycles. The van der Waals surface area contributed by atoms with Crippen LogP contribution in [0.3, 0.4) is 0 Å². The van der Waals surface area contributed by atoms with E-state index in [0.29, 0.717) is 5.82 Å². The lowest BCUT2D eigenvalue weighted by atomic mass is 9.93. The second-order valence-corrected chi connectivity index (χ2v) is 10.0. The first-order valence-electron chi connectivity index (χ1n) is 12.0. The minimum atomic E-state index is -0.0676. The van der Waals surface area contributed by atoms with Crippen molar-refractivity contribution < 1.29 is 0 Å². The van der Waals surface area contributed by atoms with Crippen LogP contribution in [0.1, 0.15) is 20.8 Å². The van der Waals surface area contributed by atoms with Crippen molar-refractivity contribution >= 4 is 27.6 Å². The Bertz CT molecular complexity index is 1760. The van der Waals surface area contributed by atoms with E-state index in [9.17, 15) is 0 Å². The molecule has 0 saturated heterocycles. The lowest BCUT2D eigenvalue weighted by molar-refractivity contribution is 0.509. The number of benzene rings is 1. The van der Waals surface area contributed by atoms with Gasteiger partial charge in [-0.2, -0.15) is 5.10 Å². The maximum Gasteiger partial charge on any atom is 0.159 e. The largest absolute Gasteiger partial charge is 0.358 e. The third-order valence-electron chi connectivity index (χ3n) is 6.36. The standard InChI is InChI=1S/C29H26N8/c1-17(29(2,3)4)33-19-12-18(14-30-15-19)24-13-21-25(16-32-24)36-37-27(21)28-34-23-10-7-8-20(26(23)35-28)22-9-5-6-11-31-22/h5-16,33H,1H2,2-4H3,(H,34,35)(H,36,37). The highest BCUT2D eigenvalue weighted by Gasteiger charge is 2.18. The van der Waals surface area contributed by atoms with E-state index in [1.807, 2.05) is 48.5 Å². The monoisotopic (exact) mass is 486 g/mol. The van der Waals surface area contributed by atoms with Crippen LogP contribution in [0, 0.1) is 5.41 Å². The molecule has 37 heavy (non-hydrogen) atoms. The van der Waals surface area contributed by atoms with E-state index in [1.54, 1.807) is 24.8 Å². The van der Waals surface area contributed by atoms with Crippen LogP contribution in [0.15, 0.2) is 85.6 Å². The predicted octanol–water partition coefficient (Wildman–Crippen LogP) is 6.60. The SMILES string of the molecule is C=C(Nc1cncc(-c2cc3c(-c4nc5c(-c6ccccn6)cccc5[nH]4)n[nH]c3cn2)c1)C(C)(C)C. The number of rotatable bonds is 5. The van der Waals surface area contributed by atoms with E-state index < -0.39 is 0 Å². The molecule has 6 aromatic rings. The van der Waals surface area contributed by atoms with Crippen molar-refractivity contribution in [3.8, 4) is 34.0 Å². The third-order valence-corrected chi connectivity index (χ3v) is 6.36. The molecule has 0 fully saturated rings. The molecule has 3 N–H and O–H groups in total. The fourth-order valence-corrected chi connectivity index (χ4v) is 4.14. The second kappa shape index (κ2) is 8.67. The maximum atomic E-state index is 4.92. The Morgan fingerprint density at radius 2 is 1.81 bits per heavy atom. The van der Waals surface area contributed by atoms with Gasteiger partial charge in [0.1, 0.15) is 5.69 Å². The highest BCUT2D eigenvalue weighted by atomic mass is 15.1. The van der Waals surface area contributed by atoms with Crippen molar-refractivity contribution in [2.24, 2.45) is 5.41 Å². The first kappa shape index (κ1) is 22.6. The van der Waals surface area contributed by atoms with Crippen LogP contribution in [0.2, 0.25) is 0 Å². The minimum absolute atomic E-state index is 0.0676. The van der Waals surface area contributed by atoms with Crippen LogP contribution in [0.5, 0.6) is 0 Å². The van der Waals surface area contributed by atoms with Gasteiger partial charge in [-0.25, -0.2) is 4.98 Å². The number of H-pyrrole nitrogens is 2. The maximum absolute atomic E-state index is 4.92. The molecule has 5 aromatic heterocycles. The topological polar surface area (TPSA) is 108 Å². The summed E-state index contributed by atoms with van der Waals surface area (Å²) in [5, 5.41) is 11.9. The van der Waals surface area contributed by atoms with Crippen molar-refractivity contribution in [2.45, 2.75) is 20.8 Å². The van der Waals surface area contributed by atoms with E-state index in [-0.39, 0.29) is 5.41 Å². The van der Waals surface area contributed by atoms with Gasteiger partial charge >= 0.3 is 0 Å². The minimum Gasteiger partial charge on any atom is -0.358 e. The fraction of sp³-hybridized carbons (Fsp3) is 0.138. The Kier molecular flexibility index (Phi) is 5.30. The van der Waals surface area contributed by atoms with Gasteiger partial charge in [0, 0.05) is 40.0 Å². The van der Waals surface area contributed by atoms with Crippen LogP contribution in [0.25, 0.3) is 56.0 Å². The van der Waals surface area contributed by atoms with Gasteiger partial charge in [0.2, 0.25) is 0 Å². The van der Waals surface area contributed by atoms with Crippen molar-refractivity contribution in [1.82, 2.24) is 35.1 Å². The molecule has 0 aliphatic carbocycles. The second-order valence-electron chi connectivity index (χ2n) is 10.0. The Hall–Kier alpha value is -4.85. The van der Waals surface area contributed by atoms with Crippen LogP contribution in [0.4, 0.5) is 5.69 Å². The normalized spacial score (nSPS) is 11.8. The van der Waals surface area contributed by atoms with Gasteiger partial charge < -0.3 is 10.3 Å². The zero-order valence-corrected chi connectivity index (χ0v) is 20.9. The number of anilines is 1. The summed E-state index contributed by atoms with van der Waals surface area (Å²) in [6, 6.07) is 15.9. The van der Waals surface area contributed by atoms with E-state index in [0.717, 1.165) is 61.5 Å². The van der Waals surface area contributed by atoms with Crippen molar-refractivity contribution in [3.63, 3.8) is 0 Å². The molecule has 0 amide bonds. The zero-order chi connectivity index (χ0) is 25.6. The lowest BCUT2D eigenvalue weighted by Gasteiger charge is -2.23. The number of aromatic nitrogens is 7. The van der Waals surface area contributed by atoms with Gasteiger partial charge in [0.05, 0.1) is 46.0 Å². The molecule has 0 unspecified atom stereocenters. The highest BCUT2D eigenvalue weighted by molar-refractivity contribution is 5.97. The first-order valence-corrected chi connectivity index (χ1v) is 12.0. The Morgan fingerprint density at radius 1 is 0.919 bits per heavy atom. The summed E-state index contributed by atoms with van der Waals surface area (Å²) in [4.78, 5) is 21.9. The number of para-hydroxylation sites is 1. The number of hydrogen-bond donors (Lipinski definition) is 3. The number of pyridine rings is 3. The number of aromatic amines is 2. The first-order chi connectivity index (χ1) is 17.9. The molecule has 0 atom stereocenters. The van der Waals surface area contributed by atoms with Gasteiger partial charge in [-0.3, -0.25) is 20.1 Å². The molecule has 0 aliphatic rings. The lowest BCUT2D eigenvalue weighted by Crippen LogP contribution is -2.15. The summed E-state index contributed by atoms with van der Waals surface area (Å²) in [7, 11) is 0. The summed E-state index contributed by atoms with van der Waals surface area (Å²) in [6.45, 7) is 10.5. The van der Waals surface area contributed by atoms with Crippen LogP contribution in [-0.4, -0.2) is 35.1 Å². The summed E-state index contributed by atoms with van der Waals surface area (Å²) < 4.78 is 0. The zero-order valence-electron chi connectivity index (χ0n) is 20.9. The average Bonchev–Trinajstić information content (AvgIpc) is 3.52. The van der Waals surface area contributed by atoms with Crippen LogP contribution < -0.4 is 5.32 Å². The molecule has 8 nitrogen and oxygen atoms in total. The van der Waals surface area contributed by atoms with Gasteiger partial charge in [0.25, 0.3) is 0 Å². The molecule has 0 bridgehead atoms. The number of hydrogen-bond acceptors (Lipinski definition) is 6. The molecule has 8 heteroatoms. The Labute approximate surface area is 214 Å². The molecule has 0 radical (unpaired) electrons. The smallest absolute Gasteiger partial charge is 0.159 e. The number of fused-ring (bicyclic) bond motifs is 2. The van der Waals surface area contributed by atoms with E-state index in [2.05, 4.69) is 62.8 Å². The van der Waals surface area contributed by atoms with Crippen LogP contribution >= 0.6 is 0 Å². The van der Waals surface area contributed by atoms with E-state index in [1.165, 1.54) is 0 Å². The fourth-order valence-electron chi connectivity index (χ4n) is 4.14. The van der Waals surface area contributed by atoms with Gasteiger partial charge in [0.15, 0.2) is 5.82 Å². The number of nitrogens with one attached hydrogen (secondary N) is 3. The molecule has 182 valence electrons. The molecule has 1 aromatic carbocycles. The van der Waals surface area contributed by atoms with Gasteiger partial charge in [-0.05, 0) is 30.3 Å². The molecule has 0 spiro atoms.